The summed E-state index contributed by atoms with van der Waals surface area (Å²) in [6, 6.07) is -0.317. The molecule has 0 saturated carbocycles. The van der Waals surface area contributed by atoms with Crippen molar-refractivity contribution in [2.75, 3.05) is 13.1 Å². The van der Waals surface area contributed by atoms with Gasteiger partial charge in [0.1, 0.15) is 6.04 Å². The van der Waals surface area contributed by atoms with Crippen LogP contribution in [-0.4, -0.2) is 33.4 Å². The number of aromatic nitrogens is 2. The minimum Gasteiger partial charge on any atom is -0.341 e. The van der Waals surface area contributed by atoms with Gasteiger partial charge in [0, 0.05) is 25.3 Å². The van der Waals surface area contributed by atoms with Crippen LogP contribution in [0.1, 0.15) is 44.5 Å². The van der Waals surface area contributed by atoms with E-state index in [1.165, 1.54) is 0 Å². The molecule has 2 atom stereocenters. The van der Waals surface area contributed by atoms with Crippen molar-refractivity contribution in [3.05, 3.63) is 18.2 Å². The fraction of sp³-hybridized carbons (Fsp3) is 0.667. The predicted octanol–water partition coefficient (Wildman–Crippen LogP) is 1.09. The number of hydrogen-bond donors (Lipinski definition) is 1. The van der Waals surface area contributed by atoms with Crippen molar-refractivity contribution in [2.24, 2.45) is 5.73 Å². The molecular formula is C12H20N4O. The number of nitrogens with two attached hydrogens (primary N) is 1. The summed E-state index contributed by atoms with van der Waals surface area (Å²) in [6.07, 6.45) is 5.65. The fourth-order valence-electron chi connectivity index (χ4n) is 2.31. The molecule has 0 spiro atoms. The van der Waals surface area contributed by atoms with Gasteiger partial charge in [0.25, 0.3) is 0 Å². The van der Waals surface area contributed by atoms with E-state index in [-0.39, 0.29) is 18.0 Å². The summed E-state index contributed by atoms with van der Waals surface area (Å²) < 4.78 is 1.88. The van der Waals surface area contributed by atoms with Crippen LogP contribution >= 0.6 is 0 Å². The van der Waals surface area contributed by atoms with Gasteiger partial charge in [0.05, 0.1) is 12.0 Å². The van der Waals surface area contributed by atoms with E-state index in [4.69, 9.17) is 5.73 Å². The van der Waals surface area contributed by atoms with E-state index in [9.17, 15) is 4.79 Å². The molecule has 1 aromatic heterocycles. The van der Waals surface area contributed by atoms with Crippen molar-refractivity contribution in [3.8, 4) is 0 Å². The molecule has 1 aromatic rings. The number of carbonyl (C=O) groups is 1. The predicted molar refractivity (Wildman–Crippen MR) is 65.4 cm³/mol. The van der Waals surface area contributed by atoms with E-state index in [0.717, 1.165) is 31.6 Å². The van der Waals surface area contributed by atoms with Crippen LogP contribution in [0.15, 0.2) is 12.5 Å². The standard InChI is InChI=1S/C12H20N4O/c1-9(13)11-7-14-8-16(11)10(2)12(17)15-5-3-4-6-15/h7-10H,3-6,13H2,1-2H3. The molecule has 94 valence electrons. The summed E-state index contributed by atoms with van der Waals surface area (Å²) in [5, 5.41) is 0. The van der Waals surface area contributed by atoms with Gasteiger partial charge in [-0.1, -0.05) is 0 Å². The molecule has 17 heavy (non-hydrogen) atoms. The lowest BCUT2D eigenvalue weighted by molar-refractivity contribution is -0.133. The third-order valence-corrected chi connectivity index (χ3v) is 3.35. The molecule has 5 nitrogen and oxygen atoms in total. The van der Waals surface area contributed by atoms with E-state index in [1.54, 1.807) is 12.5 Å². The number of hydrogen-bond acceptors (Lipinski definition) is 3. The molecule has 2 unspecified atom stereocenters. The summed E-state index contributed by atoms with van der Waals surface area (Å²) in [5.41, 5.74) is 6.77. The molecule has 2 heterocycles. The van der Waals surface area contributed by atoms with Crippen molar-refractivity contribution in [3.63, 3.8) is 0 Å². The Bertz CT molecular complexity index is 393. The topological polar surface area (TPSA) is 64.1 Å². The Morgan fingerprint density at radius 2 is 2.06 bits per heavy atom. The highest BCUT2D eigenvalue weighted by molar-refractivity contribution is 5.80. The molecule has 1 amide bonds. The van der Waals surface area contributed by atoms with Crippen molar-refractivity contribution in [2.45, 2.75) is 38.8 Å². The first-order valence-corrected chi connectivity index (χ1v) is 6.17. The first-order valence-electron chi connectivity index (χ1n) is 6.17. The smallest absolute Gasteiger partial charge is 0.245 e. The zero-order chi connectivity index (χ0) is 12.4. The summed E-state index contributed by atoms with van der Waals surface area (Å²) in [4.78, 5) is 18.3. The van der Waals surface area contributed by atoms with Crippen LogP contribution in [0.5, 0.6) is 0 Å². The maximum Gasteiger partial charge on any atom is 0.245 e. The summed E-state index contributed by atoms with van der Waals surface area (Å²) in [6.45, 7) is 5.57. The van der Waals surface area contributed by atoms with Gasteiger partial charge in [-0.15, -0.1) is 0 Å². The highest BCUT2D eigenvalue weighted by Crippen LogP contribution is 2.19. The Morgan fingerprint density at radius 3 is 2.65 bits per heavy atom. The number of likely N-dealkylation sites (tertiary alicyclic amines) is 1. The minimum atomic E-state index is -0.211. The molecule has 1 aliphatic rings. The normalized spacial score (nSPS) is 19.4. The average molecular weight is 236 g/mol. The van der Waals surface area contributed by atoms with Gasteiger partial charge in [0.2, 0.25) is 5.91 Å². The number of imidazole rings is 1. The van der Waals surface area contributed by atoms with E-state index >= 15 is 0 Å². The lowest BCUT2D eigenvalue weighted by Crippen LogP contribution is -2.34. The largest absolute Gasteiger partial charge is 0.341 e. The van der Waals surface area contributed by atoms with Gasteiger partial charge >= 0.3 is 0 Å². The highest BCUT2D eigenvalue weighted by Gasteiger charge is 2.25. The molecule has 0 aliphatic carbocycles. The third-order valence-electron chi connectivity index (χ3n) is 3.35. The van der Waals surface area contributed by atoms with Crippen LogP contribution in [0.25, 0.3) is 0 Å². The molecule has 2 rings (SSSR count). The van der Waals surface area contributed by atoms with E-state index in [1.807, 2.05) is 23.3 Å². The Morgan fingerprint density at radius 1 is 1.41 bits per heavy atom. The average Bonchev–Trinajstić information content (AvgIpc) is 2.97. The van der Waals surface area contributed by atoms with Crippen molar-refractivity contribution >= 4 is 5.91 Å². The molecular weight excluding hydrogens is 216 g/mol. The van der Waals surface area contributed by atoms with Gasteiger partial charge in [0.15, 0.2) is 0 Å². The lowest BCUT2D eigenvalue weighted by Gasteiger charge is -2.23. The summed E-state index contributed by atoms with van der Waals surface area (Å²) >= 11 is 0. The second-order valence-corrected chi connectivity index (χ2v) is 4.72. The molecule has 1 saturated heterocycles. The first kappa shape index (κ1) is 12.1. The van der Waals surface area contributed by atoms with E-state index < -0.39 is 0 Å². The Balaban J connectivity index is 2.15. The quantitative estimate of drug-likeness (QED) is 0.854. The molecule has 2 N–H and O–H groups in total. The number of carbonyl (C=O) groups excluding carboxylic acids is 1. The minimum absolute atomic E-state index is 0.105. The maximum absolute atomic E-state index is 12.3. The monoisotopic (exact) mass is 236 g/mol. The summed E-state index contributed by atoms with van der Waals surface area (Å²) in [7, 11) is 0. The Labute approximate surface area is 102 Å². The SMILES string of the molecule is CC(N)c1cncn1C(C)C(=O)N1CCCC1. The molecule has 0 aromatic carbocycles. The molecule has 0 radical (unpaired) electrons. The van der Waals surface area contributed by atoms with Crippen LogP contribution in [0.3, 0.4) is 0 Å². The van der Waals surface area contributed by atoms with Gasteiger partial charge in [-0.3, -0.25) is 4.79 Å². The maximum atomic E-state index is 12.3. The zero-order valence-corrected chi connectivity index (χ0v) is 10.5. The number of rotatable bonds is 3. The summed E-state index contributed by atoms with van der Waals surface area (Å²) in [5.74, 6) is 0.169. The van der Waals surface area contributed by atoms with Crippen molar-refractivity contribution in [1.29, 1.82) is 0 Å². The van der Waals surface area contributed by atoms with Crippen molar-refractivity contribution < 1.29 is 4.79 Å². The second-order valence-electron chi connectivity index (χ2n) is 4.72. The molecule has 1 fully saturated rings. The first-order chi connectivity index (χ1) is 8.11. The van der Waals surface area contributed by atoms with Gasteiger partial charge in [-0.2, -0.15) is 0 Å². The van der Waals surface area contributed by atoms with Crippen LogP contribution in [0.4, 0.5) is 0 Å². The van der Waals surface area contributed by atoms with Crippen LogP contribution in [0.2, 0.25) is 0 Å². The highest BCUT2D eigenvalue weighted by atomic mass is 16.2. The van der Waals surface area contributed by atoms with Gasteiger partial charge < -0.3 is 15.2 Å². The zero-order valence-electron chi connectivity index (χ0n) is 10.5. The van der Waals surface area contributed by atoms with Crippen LogP contribution in [0, 0.1) is 0 Å². The van der Waals surface area contributed by atoms with Crippen LogP contribution in [-0.2, 0) is 4.79 Å². The van der Waals surface area contributed by atoms with Gasteiger partial charge in [-0.05, 0) is 26.7 Å². The fourth-order valence-corrected chi connectivity index (χ4v) is 2.31. The van der Waals surface area contributed by atoms with Gasteiger partial charge in [-0.25, -0.2) is 4.98 Å². The number of amides is 1. The molecule has 0 bridgehead atoms. The Kier molecular flexibility index (Phi) is 3.47. The Hall–Kier alpha value is -1.36. The molecule has 5 heteroatoms. The number of nitrogens with zero attached hydrogens (tertiary/aromatic N) is 3. The van der Waals surface area contributed by atoms with E-state index in [0.29, 0.717) is 0 Å². The lowest BCUT2D eigenvalue weighted by atomic mass is 10.2. The van der Waals surface area contributed by atoms with Crippen molar-refractivity contribution in [1.82, 2.24) is 14.5 Å². The van der Waals surface area contributed by atoms with Crippen LogP contribution < -0.4 is 5.73 Å². The second kappa shape index (κ2) is 4.87. The third kappa shape index (κ3) is 2.34. The molecule has 1 aliphatic heterocycles. The van der Waals surface area contributed by atoms with E-state index in [2.05, 4.69) is 4.98 Å².